The number of halogens is 1. The van der Waals surface area contributed by atoms with Gasteiger partial charge < -0.3 is 4.98 Å². The zero-order valence-corrected chi connectivity index (χ0v) is 9.86. The van der Waals surface area contributed by atoms with Crippen LogP contribution < -0.4 is 0 Å². The van der Waals surface area contributed by atoms with Crippen LogP contribution in [0.4, 0.5) is 4.39 Å². The summed E-state index contributed by atoms with van der Waals surface area (Å²) in [6.07, 6.45) is 0. The average molecular weight is 234 g/mol. The van der Waals surface area contributed by atoms with E-state index in [4.69, 9.17) is 12.2 Å². The van der Waals surface area contributed by atoms with Gasteiger partial charge in [-0.05, 0) is 43.8 Å². The molecule has 2 aromatic rings. The van der Waals surface area contributed by atoms with Gasteiger partial charge in [0.2, 0.25) is 0 Å². The number of hydrogen-bond donors (Lipinski definition) is 1. The van der Waals surface area contributed by atoms with Crippen molar-refractivity contribution >= 4 is 12.2 Å². The average Bonchev–Trinajstić information content (AvgIpc) is 2.20. The molecule has 4 heteroatoms. The molecule has 0 saturated heterocycles. The Morgan fingerprint density at radius 2 is 2.00 bits per heavy atom. The first-order valence-electron chi connectivity index (χ1n) is 4.91. The largest absolute Gasteiger partial charge is 0.335 e. The molecule has 0 fully saturated rings. The lowest BCUT2D eigenvalue weighted by Crippen LogP contribution is -1.91. The van der Waals surface area contributed by atoms with Crippen molar-refractivity contribution in [2.24, 2.45) is 0 Å². The molecule has 0 atom stereocenters. The molecule has 16 heavy (non-hydrogen) atoms. The zero-order valence-electron chi connectivity index (χ0n) is 9.04. The van der Waals surface area contributed by atoms with Crippen LogP contribution >= 0.6 is 12.2 Å². The van der Waals surface area contributed by atoms with E-state index in [2.05, 4.69) is 9.97 Å². The molecule has 0 unspecified atom stereocenters. The molecule has 1 heterocycles. The van der Waals surface area contributed by atoms with Crippen LogP contribution in [0.1, 0.15) is 11.3 Å². The highest BCUT2D eigenvalue weighted by Crippen LogP contribution is 2.19. The Kier molecular flexibility index (Phi) is 2.83. The Hall–Kier alpha value is -1.55. The fraction of sp³-hybridized carbons (Fsp3) is 0.167. The van der Waals surface area contributed by atoms with Crippen molar-refractivity contribution in [1.82, 2.24) is 9.97 Å². The number of benzene rings is 1. The quantitative estimate of drug-likeness (QED) is 0.764. The summed E-state index contributed by atoms with van der Waals surface area (Å²) in [6, 6.07) is 6.90. The summed E-state index contributed by atoms with van der Waals surface area (Å²) in [5, 5.41) is 0. The van der Waals surface area contributed by atoms with Crippen LogP contribution in [-0.4, -0.2) is 9.97 Å². The molecule has 0 saturated carbocycles. The Bertz CT molecular complexity index is 590. The summed E-state index contributed by atoms with van der Waals surface area (Å²) in [5.74, 6) is -0.226. The topological polar surface area (TPSA) is 28.7 Å². The molecule has 1 aromatic heterocycles. The van der Waals surface area contributed by atoms with Crippen LogP contribution in [0.3, 0.4) is 0 Å². The second-order valence-corrected chi connectivity index (χ2v) is 4.11. The number of nitrogens with one attached hydrogen (secondary N) is 1. The Morgan fingerprint density at radius 1 is 1.25 bits per heavy atom. The molecule has 82 valence electrons. The lowest BCUT2D eigenvalue weighted by Gasteiger charge is -2.03. The summed E-state index contributed by atoms with van der Waals surface area (Å²) in [5.41, 5.74) is 2.98. The molecular formula is C12H11FN2S. The molecular weight excluding hydrogens is 223 g/mol. The third kappa shape index (κ3) is 2.17. The summed E-state index contributed by atoms with van der Waals surface area (Å²) < 4.78 is 13.8. The Balaban J connectivity index is 2.58. The molecule has 0 radical (unpaired) electrons. The van der Waals surface area contributed by atoms with Gasteiger partial charge in [-0.1, -0.05) is 12.1 Å². The van der Waals surface area contributed by atoms with Crippen LogP contribution in [0.15, 0.2) is 24.3 Å². The van der Waals surface area contributed by atoms with Crippen LogP contribution in [0.5, 0.6) is 0 Å². The molecule has 0 aliphatic carbocycles. The van der Waals surface area contributed by atoms with Crippen LogP contribution in [0, 0.1) is 24.4 Å². The van der Waals surface area contributed by atoms with E-state index in [1.807, 2.05) is 19.1 Å². The van der Waals surface area contributed by atoms with Gasteiger partial charge >= 0.3 is 0 Å². The first-order chi connectivity index (χ1) is 7.56. The molecule has 1 aromatic carbocycles. The monoisotopic (exact) mass is 234 g/mol. The second kappa shape index (κ2) is 4.14. The van der Waals surface area contributed by atoms with E-state index in [0.29, 0.717) is 16.0 Å². The van der Waals surface area contributed by atoms with Gasteiger partial charge in [0.15, 0.2) is 4.77 Å². The van der Waals surface area contributed by atoms with Gasteiger partial charge in [0.05, 0.1) is 5.69 Å². The first kappa shape index (κ1) is 11.0. The van der Waals surface area contributed by atoms with Crippen molar-refractivity contribution in [3.8, 4) is 11.3 Å². The van der Waals surface area contributed by atoms with Gasteiger partial charge in [0.25, 0.3) is 0 Å². The number of H-pyrrole nitrogens is 1. The fourth-order valence-electron chi connectivity index (χ4n) is 1.48. The van der Waals surface area contributed by atoms with Gasteiger partial charge in [-0.25, -0.2) is 9.37 Å². The standard InChI is InChI=1S/C12H11FN2S/c1-7-3-4-9(6-10(7)13)11-5-8(2)14-12(16)15-11/h3-6H,1-2H3,(H,14,15,16). The summed E-state index contributed by atoms with van der Waals surface area (Å²) in [4.78, 5) is 7.08. The number of nitrogens with zero attached hydrogens (tertiary/aromatic N) is 1. The predicted molar refractivity (Wildman–Crippen MR) is 64.3 cm³/mol. The molecule has 0 aliphatic heterocycles. The highest BCUT2D eigenvalue weighted by molar-refractivity contribution is 7.71. The van der Waals surface area contributed by atoms with Crippen molar-refractivity contribution in [2.75, 3.05) is 0 Å². The fourth-order valence-corrected chi connectivity index (χ4v) is 1.74. The summed E-state index contributed by atoms with van der Waals surface area (Å²) in [6.45, 7) is 3.63. The number of aromatic nitrogens is 2. The van der Waals surface area contributed by atoms with Crippen molar-refractivity contribution < 1.29 is 4.39 Å². The zero-order chi connectivity index (χ0) is 11.7. The van der Waals surface area contributed by atoms with Crippen molar-refractivity contribution in [2.45, 2.75) is 13.8 Å². The SMILES string of the molecule is Cc1cc(-c2ccc(C)c(F)c2)nc(=S)[nH]1. The third-order valence-electron chi connectivity index (χ3n) is 2.35. The molecule has 2 rings (SSSR count). The minimum atomic E-state index is -0.226. The van der Waals surface area contributed by atoms with Gasteiger partial charge in [0, 0.05) is 11.3 Å². The molecule has 0 bridgehead atoms. The van der Waals surface area contributed by atoms with Crippen LogP contribution in [0.25, 0.3) is 11.3 Å². The van der Waals surface area contributed by atoms with E-state index in [1.54, 1.807) is 13.0 Å². The minimum Gasteiger partial charge on any atom is -0.335 e. The lowest BCUT2D eigenvalue weighted by molar-refractivity contribution is 0.619. The number of rotatable bonds is 1. The Labute approximate surface area is 98.2 Å². The minimum absolute atomic E-state index is 0.226. The number of hydrogen-bond acceptors (Lipinski definition) is 2. The summed E-state index contributed by atoms with van der Waals surface area (Å²) in [7, 11) is 0. The maximum absolute atomic E-state index is 13.4. The highest BCUT2D eigenvalue weighted by Gasteiger charge is 2.03. The van der Waals surface area contributed by atoms with E-state index in [-0.39, 0.29) is 5.82 Å². The molecule has 0 amide bonds. The van der Waals surface area contributed by atoms with E-state index in [0.717, 1.165) is 11.3 Å². The number of aryl methyl sites for hydroxylation is 2. The molecule has 0 spiro atoms. The molecule has 1 N–H and O–H groups in total. The van der Waals surface area contributed by atoms with Gasteiger partial charge in [0.1, 0.15) is 5.82 Å². The first-order valence-corrected chi connectivity index (χ1v) is 5.31. The number of aromatic amines is 1. The normalized spacial score (nSPS) is 10.4. The maximum Gasteiger partial charge on any atom is 0.197 e. The van der Waals surface area contributed by atoms with Gasteiger partial charge in [-0.2, -0.15) is 0 Å². The second-order valence-electron chi connectivity index (χ2n) is 3.72. The lowest BCUT2D eigenvalue weighted by atomic mass is 10.1. The molecule has 2 nitrogen and oxygen atoms in total. The Morgan fingerprint density at radius 3 is 2.62 bits per heavy atom. The summed E-state index contributed by atoms with van der Waals surface area (Å²) >= 11 is 4.99. The molecule has 0 aliphatic rings. The van der Waals surface area contributed by atoms with Crippen molar-refractivity contribution in [3.05, 3.63) is 46.1 Å². The third-order valence-corrected chi connectivity index (χ3v) is 2.54. The van der Waals surface area contributed by atoms with Gasteiger partial charge in [-0.15, -0.1) is 0 Å². The smallest absolute Gasteiger partial charge is 0.197 e. The van der Waals surface area contributed by atoms with E-state index >= 15 is 0 Å². The highest BCUT2D eigenvalue weighted by atomic mass is 32.1. The van der Waals surface area contributed by atoms with Crippen molar-refractivity contribution in [1.29, 1.82) is 0 Å². The predicted octanol–water partition coefficient (Wildman–Crippen LogP) is 3.56. The maximum atomic E-state index is 13.4. The van der Waals surface area contributed by atoms with E-state index in [1.165, 1.54) is 6.07 Å². The van der Waals surface area contributed by atoms with Gasteiger partial charge in [-0.3, -0.25) is 0 Å². The van der Waals surface area contributed by atoms with Crippen LogP contribution in [-0.2, 0) is 0 Å². The van der Waals surface area contributed by atoms with Crippen molar-refractivity contribution in [3.63, 3.8) is 0 Å². The van der Waals surface area contributed by atoms with E-state index in [9.17, 15) is 4.39 Å². The van der Waals surface area contributed by atoms with Crippen LogP contribution in [0.2, 0.25) is 0 Å². The van der Waals surface area contributed by atoms with E-state index < -0.39 is 0 Å².